The van der Waals surface area contributed by atoms with Crippen molar-refractivity contribution in [1.82, 2.24) is 25.4 Å². The summed E-state index contributed by atoms with van der Waals surface area (Å²) in [6, 6.07) is 14.7. The molecule has 8 rings (SSSR count). The molecule has 55 heavy (non-hydrogen) atoms. The number of piperidine rings is 1. The molecule has 284 valence electrons. The monoisotopic (exact) mass is 761 g/mol. The third-order valence-corrected chi connectivity index (χ3v) is 12.8. The summed E-state index contributed by atoms with van der Waals surface area (Å²) in [6.07, 6.45) is 10.0. The molecule has 3 fully saturated rings. The van der Waals surface area contributed by atoms with Gasteiger partial charge in [0, 0.05) is 57.1 Å². The molecule has 3 aromatic rings. The summed E-state index contributed by atoms with van der Waals surface area (Å²) in [7, 11) is 2.05. The van der Waals surface area contributed by atoms with Gasteiger partial charge in [-0.15, -0.1) is 0 Å². The quantitative estimate of drug-likeness (QED) is 0.284. The fourth-order valence-electron chi connectivity index (χ4n) is 9.28. The van der Waals surface area contributed by atoms with E-state index in [0.29, 0.717) is 58.4 Å². The van der Waals surface area contributed by atoms with Crippen molar-refractivity contribution in [2.24, 2.45) is 5.92 Å². The zero-order valence-corrected chi connectivity index (χ0v) is 31.6. The molecule has 13 heteroatoms. The molecule has 1 atom stereocenters. The second-order valence-electron chi connectivity index (χ2n) is 15.8. The Kier molecular flexibility index (Phi) is 10.2. The number of hydrogen-bond acceptors (Lipinski definition) is 9. The topological polar surface area (TPSA) is 156 Å². The number of carbonyl (C=O) groups excluding carboxylic acids is 5. The van der Waals surface area contributed by atoms with Crippen molar-refractivity contribution in [3.05, 3.63) is 92.8 Å². The number of nitrogens with one attached hydrogen (secondary N) is 2. The summed E-state index contributed by atoms with van der Waals surface area (Å²) in [6.45, 7) is 2.36. The van der Waals surface area contributed by atoms with Crippen LogP contribution in [0, 0.1) is 17.2 Å². The normalized spacial score (nSPS) is 25.3. The lowest BCUT2D eigenvalue weighted by Crippen LogP contribution is -2.54. The average molecular weight is 762 g/mol. The summed E-state index contributed by atoms with van der Waals surface area (Å²) in [5, 5.41) is 15.1. The van der Waals surface area contributed by atoms with Gasteiger partial charge in [0.15, 0.2) is 0 Å². The van der Waals surface area contributed by atoms with E-state index in [0.717, 1.165) is 79.6 Å². The van der Waals surface area contributed by atoms with E-state index in [4.69, 9.17) is 11.6 Å². The second kappa shape index (κ2) is 15.2. The Morgan fingerprint density at radius 2 is 1.62 bits per heavy atom. The third-order valence-electron chi connectivity index (χ3n) is 12.5. The van der Waals surface area contributed by atoms with Crippen LogP contribution in [-0.2, 0) is 22.7 Å². The number of rotatable bonds is 8. The number of anilines is 1. The van der Waals surface area contributed by atoms with Crippen LogP contribution < -0.4 is 15.5 Å². The first kappa shape index (κ1) is 36.8. The van der Waals surface area contributed by atoms with Crippen LogP contribution in [0.5, 0.6) is 0 Å². The molecule has 0 bridgehead atoms. The highest BCUT2D eigenvalue weighted by atomic mass is 35.5. The Morgan fingerprint density at radius 3 is 2.22 bits per heavy atom. The van der Waals surface area contributed by atoms with E-state index in [2.05, 4.69) is 44.6 Å². The van der Waals surface area contributed by atoms with Gasteiger partial charge in [-0.05, 0) is 123 Å². The van der Waals surface area contributed by atoms with Crippen molar-refractivity contribution in [3.8, 4) is 6.07 Å². The molecule has 4 heterocycles. The van der Waals surface area contributed by atoms with Crippen LogP contribution in [0.4, 0.5) is 5.69 Å². The molecule has 1 saturated heterocycles. The van der Waals surface area contributed by atoms with Gasteiger partial charge in [-0.25, -0.2) is 0 Å². The number of benzene rings is 2. The minimum atomic E-state index is -0.960. The van der Waals surface area contributed by atoms with Crippen molar-refractivity contribution in [2.75, 3.05) is 18.5 Å². The number of amides is 5. The van der Waals surface area contributed by atoms with Gasteiger partial charge in [-0.2, -0.15) is 5.26 Å². The van der Waals surface area contributed by atoms with Crippen LogP contribution >= 0.6 is 11.6 Å². The first-order valence-electron chi connectivity index (χ1n) is 19.3. The van der Waals surface area contributed by atoms with E-state index in [1.165, 1.54) is 5.56 Å². The molecular weight excluding hydrogens is 718 g/mol. The first-order chi connectivity index (χ1) is 26.6. The summed E-state index contributed by atoms with van der Waals surface area (Å²) in [5.41, 5.74) is 5.83. The number of fused-ring (bicyclic) bond motifs is 2. The fraction of sp³-hybridized carbons (Fsp3) is 0.452. The lowest BCUT2D eigenvalue weighted by atomic mass is 9.79. The Hall–Kier alpha value is -5.12. The lowest BCUT2D eigenvalue weighted by molar-refractivity contribution is -0.136. The SMILES string of the molecule is CN(c1ccc(C#N)c(Cl)c1)C1CCC(NC(=O)c2ccc(C3CCC(CN4Cc5cc6c(cc5C4)C(=O)N([C@@H]4CCC(=O)NC4=O)C6=O)CC3)cn2)CC1. The minimum absolute atomic E-state index is 0.0986. The molecule has 12 nitrogen and oxygen atoms in total. The van der Waals surface area contributed by atoms with Crippen molar-refractivity contribution >= 4 is 46.8 Å². The standard InChI is InChI=1S/C42H44ClN7O5/c1-48(32-10-6-26(19-44)35(43)18-32)31-11-8-30(9-12-31)46-39(52)36-13-7-27(20-45-36)25-4-2-24(3-5-25)21-49-22-28-16-33-34(17-29(28)23-49)42(55)50(41(33)54)37-14-15-38(51)47-40(37)53/h6-7,10,13,16-18,20,24-25,30-31,37H,2-5,8-9,11-12,14-15,21-23H2,1H3,(H,46,52)(H,47,51,53)/t24?,25?,30?,31?,37-/m1/s1. The number of nitrogens with zero attached hydrogens (tertiary/aromatic N) is 5. The van der Waals surface area contributed by atoms with Crippen molar-refractivity contribution in [2.45, 2.75) is 101 Å². The maximum Gasteiger partial charge on any atom is 0.270 e. The number of carbonyl (C=O) groups is 5. The van der Waals surface area contributed by atoms with Crippen LogP contribution in [0.1, 0.15) is 124 Å². The van der Waals surface area contributed by atoms with E-state index in [-0.39, 0.29) is 30.7 Å². The fourth-order valence-corrected chi connectivity index (χ4v) is 9.50. The first-order valence-corrected chi connectivity index (χ1v) is 19.7. The molecule has 2 saturated carbocycles. The highest BCUT2D eigenvalue weighted by Crippen LogP contribution is 2.38. The molecular formula is C42H44ClN7O5. The van der Waals surface area contributed by atoms with Gasteiger partial charge in [-0.3, -0.25) is 44.1 Å². The molecule has 2 N–H and O–H groups in total. The zero-order valence-electron chi connectivity index (χ0n) is 30.9. The van der Waals surface area contributed by atoms with Gasteiger partial charge < -0.3 is 10.2 Å². The third kappa shape index (κ3) is 7.35. The number of halogens is 1. The van der Waals surface area contributed by atoms with E-state index >= 15 is 0 Å². The van der Waals surface area contributed by atoms with Crippen LogP contribution in [0.3, 0.4) is 0 Å². The van der Waals surface area contributed by atoms with Crippen molar-refractivity contribution in [1.29, 1.82) is 5.26 Å². The van der Waals surface area contributed by atoms with Crippen LogP contribution in [0.25, 0.3) is 0 Å². The van der Waals surface area contributed by atoms with Gasteiger partial charge in [-0.1, -0.05) is 17.7 Å². The molecule has 2 aliphatic carbocycles. The minimum Gasteiger partial charge on any atom is -0.372 e. The van der Waals surface area contributed by atoms with Crippen LogP contribution in [0.2, 0.25) is 5.02 Å². The molecule has 5 aliphatic rings. The molecule has 0 spiro atoms. The van der Waals surface area contributed by atoms with E-state index < -0.39 is 23.8 Å². The predicted molar refractivity (Wildman–Crippen MR) is 204 cm³/mol. The predicted octanol–water partition coefficient (Wildman–Crippen LogP) is 5.47. The molecule has 2 aromatic carbocycles. The second-order valence-corrected chi connectivity index (χ2v) is 16.3. The van der Waals surface area contributed by atoms with E-state index in [1.54, 1.807) is 6.07 Å². The highest BCUT2D eigenvalue weighted by molar-refractivity contribution is 6.32. The molecule has 5 amide bonds. The largest absolute Gasteiger partial charge is 0.372 e. The average Bonchev–Trinajstić information content (AvgIpc) is 3.69. The Bertz CT molecular complexity index is 2050. The maximum absolute atomic E-state index is 13.3. The Balaban J connectivity index is 0.784. The van der Waals surface area contributed by atoms with Crippen molar-refractivity contribution < 1.29 is 24.0 Å². The number of nitriles is 1. The number of aromatic nitrogens is 1. The maximum atomic E-state index is 13.3. The van der Waals surface area contributed by atoms with Gasteiger partial charge in [0.25, 0.3) is 17.7 Å². The van der Waals surface area contributed by atoms with Gasteiger partial charge in [0.2, 0.25) is 11.8 Å². The molecule has 0 radical (unpaired) electrons. The molecule has 0 unspecified atom stereocenters. The van der Waals surface area contributed by atoms with E-state index in [9.17, 15) is 29.2 Å². The summed E-state index contributed by atoms with van der Waals surface area (Å²) >= 11 is 6.26. The van der Waals surface area contributed by atoms with Gasteiger partial charge in [0.05, 0.1) is 21.7 Å². The van der Waals surface area contributed by atoms with Crippen LogP contribution in [0.15, 0.2) is 48.7 Å². The zero-order chi connectivity index (χ0) is 38.4. The van der Waals surface area contributed by atoms with Gasteiger partial charge >= 0.3 is 0 Å². The highest BCUT2D eigenvalue weighted by Gasteiger charge is 2.45. The number of pyridine rings is 1. The number of imide groups is 2. The summed E-state index contributed by atoms with van der Waals surface area (Å²) < 4.78 is 0. The number of hydrogen-bond donors (Lipinski definition) is 2. The summed E-state index contributed by atoms with van der Waals surface area (Å²) in [4.78, 5) is 74.0. The molecule has 1 aromatic heterocycles. The van der Waals surface area contributed by atoms with Crippen LogP contribution in [-0.4, -0.2) is 76.0 Å². The molecule has 3 aliphatic heterocycles. The lowest BCUT2D eigenvalue weighted by Gasteiger charge is -2.36. The van der Waals surface area contributed by atoms with Gasteiger partial charge in [0.1, 0.15) is 17.8 Å². The Morgan fingerprint density at radius 1 is 0.927 bits per heavy atom. The smallest absolute Gasteiger partial charge is 0.270 e. The summed E-state index contributed by atoms with van der Waals surface area (Å²) in [5.74, 6) is -1.11. The Labute approximate surface area is 325 Å². The van der Waals surface area contributed by atoms with E-state index in [1.807, 2.05) is 36.5 Å². The van der Waals surface area contributed by atoms with Crippen molar-refractivity contribution in [3.63, 3.8) is 0 Å².